The molecular weight excluding hydrogens is 493 g/mol. The number of phosphoric acid groups is 1. The van der Waals surface area contributed by atoms with Gasteiger partial charge in [-0.05, 0) is 12.8 Å². The van der Waals surface area contributed by atoms with Crippen LogP contribution >= 0.6 is 7.82 Å². The van der Waals surface area contributed by atoms with E-state index in [9.17, 15) is 19.4 Å². The standard InChI is InChI=1S/C28H58NO7P/c1-6-8-9-10-11-12-13-14-15-16-17-18-19-20-22-26(27(25-30)35-28(31)21-7-2)36-37(32,33)34-24-23-29(3,4)5/h26-27,30H,6-25H2,1-5H3/p+1/t26?,27-/m0/s1. The molecule has 0 heterocycles. The maximum atomic E-state index is 12.6. The summed E-state index contributed by atoms with van der Waals surface area (Å²) in [7, 11) is 1.51. The summed E-state index contributed by atoms with van der Waals surface area (Å²) in [5.41, 5.74) is 0. The fraction of sp³-hybridized carbons (Fsp3) is 0.964. The van der Waals surface area contributed by atoms with Gasteiger partial charge in [0.25, 0.3) is 0 Å². The molecule has 9 heteroatoms. The highest BCUT2D eigenvalue weighted by molar-refractivity contribution is 7.47. The van der Waals surface area contributed by atoms with E-state index in [4.69, 9.17) is 13.8 Å². The van der Waals surface area contributed by atoms with Gasteiger partial charge in [0.15, 0.2) is 6.10 Å². The Hall–Kier alpha value is -0.500. The van der Waals surface area contributed by atoms with Gasteiger partial charge >= 0.3 is 13.8 Å². The summed E-state index contributed by atoms with van der Waals surface area (Å²) in [6, 6.07) is 0. The predicted molar refractivity (Wildman–Crippen MR) is 150 cm³/mol. The van der Waals surface area contributed by atoms with E-state index >= 15 is 0 Å². The number of aliphatic hydroxyl groups excluding tert-OH is 1. The molecule has 0 aliphatic rings. The Kier molecular flexibility index (Phi) is 22.0. The lowest BCUT2D eigenvalue weighted by molar-refractivity contribution is -0.870. The number of esters is 1. The lowest BCUT2D eigenvalue weighted by atomic mass is 10.0. The normalized spacial score (nSPS) is 15.3. The molecule has 0 fully saturated rings. The number of hydrogen-bond acceptors (Lipinski definition) is 6. The zero-order valence-corrected chi connectivity index (χ0v) is 25.5. The molecule has 0 spiro atoms. The first-order valence-corrected chi connectivity index (χ1v) is 16.3. The summed E-state index contributed by atoms with van der Waals surface area (Å²) in [6.45, 7) is 4.23. The highest BCUT2D eigenvalue weighted by Gasteiger charge is 2.34. The zero-order valence-electron chi connectivity index (χ0n) is 24.6. The molecule has 0 bridgehead atoms. The average molecular weight is 553 g/mol. The van der Waals surface area contributed by atoms with Crippen LogP contribution in [-0.2, 0) is 23.1 Å². The van der Waals surface area contributed by atoms with Crippen LogP contribution in [0.4, 0.5) is 0 Å². The first-order valence-electron chi connectivity index (χ1n) is 14.8. The maximum absolute atomic E-state index is 12.6. The molecule has 0 aromatic rings. The molecule has 0 aliphatic heterocycles. The van der Waals surface area contributed by atoms with E-state index in [0.717, 1.165) is 19.3 Å². The molecule has 2 unspecified atom stereocenters. The van der Waals surface area contributed by atoms with Gasteiger partial charge in [-0.2, -0.15) is 0 Å². The molecule has 0 saturated heterocycles. The van der Waals surface area contributed by atoms with Crippen molar-refractivity contribution in [3.05, 3.63) is 0 Å². The van der Waals surface area contributed by atoms with Gasteiger partial charge in [-0.25, -0.2) is 4.57 Å². The Labute approximate surface area is 227 Å². The van der Waals surface area contributed by atoms with Crippen molar-refractivity contribution in [1.82, 2.24) is 0 Å². The Morgan fingerprint density at radius 2 is 1.27 bits per heavy atom. The summed E-state index contributed by atoms with van der Waals surface area (Å²) in [5.74, 6) is -0.449. The Morgan fingerprint density at radius 3 is 1.70 bits per heavy atom. The quantitative estimate of drug-likeness (QED) is 0.0528. The number of rotatable bonds is 26. The van der Waals surface area contributed by atoms with E-state index in [0.29, 0.717) is 23.9 Å². The molecule has 0 saturated carbocycles. The zero-order chi connectivity index (χ0) is 28.0. The second-order valence-corrected chi connectivity index (χ2v) is 12.7. The Bertz CT molecular complexity index is 598. The van der Waals surface area contributed by atoms with Crippen LogP contribution < -0.4 is 0 Å². The molecule has 0 amide bonds. The molecule has 0 aromatic carbocycles. The van der Waals surface area contributed by atoms with E-state index in [-0.39, 0.29) is 13.0 Å². The number of ether oxygens (including phenoxy) is 1. The van der Waals surface area contributed by atoms with Crippen LogP contribution in [0.1, 0.15) is 123 Å². The number of phosphoric ester groups is 1. The van der Waals surface area contributed by atoms with Crippen molar-refractivity contribution in [2.45, 2.75) is 135 Å². The van der Waals surface area contributed by atoms with Gasteiger partial charge in [0.2, 0.25) is 0 Å². The lowest BCUT2D eigenvalue weighted by Crippen LogP contribution is -2.38. The molecule has 0 rings (SSSR count). The monoisotopic (exact) mass is 552 g/mol. The average Bonchev–Trinajstić information content (AvgIpc) is 2.81. The first-order chi connectivity index (χ1) is 17.5. The highest BCUT2D eigenvalue weighted by Crippen LogP contribution is 2.46. The van der Waals surface area contributed by atoms with Gasteiger partial charge in [-0.3, -0.25) is 13.8 Å². The topological polar surface area (TPSA) is 102 Å². The third-order valence-electron chi connectivity index (χ3n) is 6.46. The van der Waals surface area contributed by atoms with Crippen LogP contribution in [0.25, 0.3) is 0 Å². The van der Waals surface area contributed by atoms with Gasteiger partial charge < -0.3 is 19.2 Å². The van der Waals surface area contributed by atoms with E-state index in [1.165, 1.54) is 70.6 Å². The minimum Gasteiger partial charge on any atom is -0.457 e. The molecule has 8 nitrogen and oxygen atoms in total. The number of hydrogen-bond donors (Lipinski definition) is 2. The SMILES string of the molecule is CCCCCCCCCCCCCCCCC(OP(=O)(O)OCC[N+](C)(C)C)[C@H](CO)OC(=O)CCC. The minimum absolute atomic E-state index is 0.0578. The third kappa shape index (κ3) is 23.1. The first kappa shape index (κ1) is 36.5. The van der Waals surface area contributed by atoms with Crippen molar-refractivity contribution in [2.75, 3.05) is 40.9 Å². The second-order valence-electron chi connectivity index (χ2n) is 11.3. The molecule has 2 N–H and O–H groups in total. The van der Waals surface area contributed by atoms with Gasteiger partial charge in [0.05, 0.1) is 27.7 Å². The van der Waals surface area contributed by atoms with Gasteiger partial charge in [-0.1, -0.05) is 104 Å². The minimum atomic E-state index is -4.36. The van der Waals surface area contributed by atoms with Crippen molar-refractivity contribution in [3.8, 4) is 0 Å². The van der Waals surface area contributed by atoms with E-state index in [2.05, 4.69) is 6.92 Å². The maximum Gasteiger partial charge on any atom is 0.472 e. The lowest BCUT2D eigenvalue weighted by Gasteiger charge is -2.28. The molecule has 222 valence electrons. The fourth-order valence-electron chi connectivity index (χ4n) is 4.14. The molecule has 37 heavy (non-hydrogen) atoms. The fourth-order valence-corrected chi connectivity index (χ4v) is 5.10. The largest absolute Gasteiger partial charge is 0.472 e. The summed E-state index contributed by atoms with van der Waals surface area (Å²) in [5, 5.41) is 9.84. The van der Waals surface area contributed by atoms with Crippen LogP contribution in [0, 0.1) is 0 Å². The molecule has 3 atom stereocenters. The van der Waals surface area contributed by atoms with Crippen LogP contribution in [0.5, 0.6) is 0 Å². The van der Waals surface area contributed by atoms with Crippen LogP contribution in [0.3, 0.4) is 0 Å². The number of likely N-dealkylation sites (N-methyl/N-ethyl adjacent to an activating group) is 1. The van der Waals surface area contributed by atoms with Crippen molar-refractivity contribution in [1.29, 1.82) is 0 Å². The number of unbranched alkanes of at least 4 members (excludes halogenated alkanes) is 13. The summed E-state index contributed by atoms with van der Waals surface area (Å²) < 4.78 is 29.1. The number of aliphatic hydroxyl groups is 1. The van der Waals surface area contributed by atoms with Crippen LogP contribution in [0.2, 0.25) is 0 Å². The molecule has 0 aliphatic carbocycles. The summed E-state index contributed by atoms with van der Waals surface area (Å²) in [6.07, 6.45) is 16.6. The van der Waals surface area contributed by atoms with Gasteiger partial charge in [0, 0.05) is 6.42 Å². The summed E-state index contributed by atoms with van der Waals surface area (Å²) >= 11 is 0. The molecular formula is C28H59NO7P+. The van der Waals surface area contributed by atoms with Gasteiger partial charge in [-0.15, -0.1) is 0 Å². The van der Waals surface area contributed by atoms with E-state index < -0.39 is 32.6 Å². The van der Waals surface area contributed by atoms with Crippen molar-refractivity contribution in [2.24, 2.45) is 0 Å². The van der Waals surface area contributed by atoms with Crippen LogP contribution in [-0.4, -0.2) is 73.6 Å². The van der Waals surface area contributed by atoms with E-state index in [1.807, 2.05) is 28.1 Å². The third-order valence-corrected chi connectivity index (χ3v) is 7.50. The second kappa shape index (κ2) is 22.3. The highest BCUT2D eigenvalue weighted by atomic mass is 31.2. The number of quaternary nitrogens is 1. The van der Waals surface area contributed by atoms with E-state index in [1.54, 1.807) is 0 Å². The van der Waals surface area contributed by atoms with Crippen molar-refractivity contribution in [3.63, 3.8) is 0 Å². The van der Waals surface area contributed by atoms with Crippen molar-refractivity contribution < 1.29 is 37.6 Å². The van der Waals surface area contributed by atoms with Crippen LogP contribution in [0.15, 0.2) is 0 Å². The summed E-state index contributed by atoms with van der Waals surface area (Å²) in [4.78, 5) is 22.3. The van der Waals surface area contributed by atoms with Gasteiger partial charge in [0.1, 0.15) is 19.3 Å². The number of carbonyl (C=O) groups is 1. The Morgan fingerprint density at radius 1 is 0.784 bits per heavy atom. The number of carbonyl (C=O) groups excluding carboxylic acids is 1. The number of nitrogens with zero attached hydrogens (tertiary/aromatic N) is 1. The molecule has 0 aromatic heterocycles. The van der Waals surface area contributed by atoms with Crippen molar-refractivity contribution >= 4 is 13.8 Å². The Balaban J connectivity index is 4.43. The smallest absolute Gasteiger partial charge is 0.457 e. The predicted octanol–water partition coefficient (Wildman–Crippen LogP) is 6.77. The molecule has 0 radical (unpaired) electrons.